The summed E-state index contributed by atoms with van der Waals surface area (Å²) in [6, 6.07) is 4.22. The van der Waals surface area contributed by atoms with E-state index >= 15 is 0 Å². The minimum atomic E-state index is 0.693. The van der Waals surface area contributed by atoms with Gasteiger partial charge in [-0.05, 0) is 31.0 Å². The summed E-state index contributed by atoms with van der Waals surface area (Å²) in [7, 11) is 2.05. The molecule has 3 nitrogen and oxygen atoms in total. The van der Waals surface area contributed by atoms with Crippen LogP contribution in [0.5, 0.6) is 0 Å². The molecule has 0 radical (unpaired) electrons. The lowest BCUT2D eigenvalue weighted by atomic mass is 10.2. The average Bonchev–Trinajstić information content (AvgIpc) is 2.28. The molecular formula is C13H23N3. The molecule has 0 spiro atoms. The van der Waals surface area contributed by atoms with E-state index in [1.807, 2.05) is 6.20 Å². The van der Waals surface area contributed by atoms with Gasteiger partial charge in [0.05, 0.1) is 0 Å². The maximum Gasteiger partial charge on any atom is 0.128 e. The first kappa shape index (κ1) is 13.0. The Balaban J connectivity index is 2.45. The Bertz CT molecular complexity index is 293. The molecule has 3 heteroatoms. The van der Waals surface area contributed by atoms with E-state index in [0.717, 1.165) is 25.5 Å². The highest BCUT2D eigenvalue weighted by atomic mass is 15.1. The first-order valence-electron chi connectivity index (χ1n) is 6.00. The van der Waals surface area contributed by atoms with Crippen molar-refractivity contribution in [2.45, 2.75) is 27.3 Å². The zero-order valence-corrected chi connectivity index (χ0v) is 10.8. The molecule has 0 bridgehead atoms. The van der Waals surface area contributed by atoms with Crippen molar-refractivity contribution in [3.63, 3.8) is 0 Å². The molecule has 16 heavy (non-hydrogen) atoms. The van der Waals surface area contributed by atoms with Crippen molar-refractivity contribution in [3.8, 4) is 0 Å². The number of pyridine rings is 1. The summed E-state index contributed by atoms with van der Waals surface area (Å²) in [6.45, 7) is 9.49. The smallest absolute Gasteiger partial charge is 0.128 e. The fourth-order valence-corrected chi connectivity index (χ4v) is 1.41. The number of hydrogen-bond donors (Lipinski definition) is 1. The standard InChI is InChI=1S/C13H23N3/c1-5-16(4)13-7-6-12(10-15-13)9-14-8-11(2)3/h6-7,10-11,14H,5,8-9H2,1-4H3. The normalized spacial score (nSPS) is 10.8. The zero-order valence-electron chi connectivity index (χ0n) is 10.8. The number of hydrogen-bond acceptors (Lipinski definition) is 3. The molecule has 90 valence electrons. The van der Waals surface area contributed by atoms with Crippen molar-refractivity contribution in [1.29, 1.82) is 0 Å². The lowest BCUT2D eigenvalue weighted by molar-refractivity contribution is 0.552. The molecule has 0 amide bonds. The van der Waals surface area contributed by atoms with E-state index in [4.69, 9.17) is 0 Å². The minimum absolute atomic E-state index is 0.693. The van der Waals surface area contributed by atoms with Crippen molar-refractivity contribution in [2.75, 3.05) is 25.0 Å². The molecule has 1 aromatic rings. The molecule has 0 aliphatic rings. The Hall–Kier alpha value is -1.09. The predicted molar refractivity (Wildman–Crippen MR) is 69.7 cm³/mol. The molecule has 0 atom stereocenters. The van der Waals surface area contributed by atoms with Gasteiger partial charge < -0.3 is 10.2 Å². The zero-order chi connectivity index (χ0) is 12.0. The van der Waals surface area contributed by atoms with Crippen molar-refractivity contribution in [3.05, 3.63) is 23.9 Å². The second-order valence-corrected chi connectivity index (χ2v) is 4.56. The van der Waals surface area contributed by atoms with Gasteiger partial charge in [0.15, 0.2) is 0 Å². The summed E-state index contributed by atoms with van der Waals surface area (Å²) in [5.74, 6) is 1.73. The average molecular weight is 221 g/mol. The van der Waals surface area contributed by atoms with Crippen LogP contribution in [-0.4, -0.2) is 25.1 Å². The van der Waals surface area contributed by atoms with Gasteiger partial charge in [-0.1, -0.05) is 19.9 Å². The van der Waals surface area contributed by atoms with Gasteiger partial charge in [0.2, 0.25) is 0 Å². The van der Waals surface area contributed by atoms with Crippen molar-refractivity contribution in [2.24, 2.45) is 5.92 Å². The first-order valence-corrected chi connectivity index (χ1v) is 6.00. The summed E-state index contributed by atoms with van der Waals surface area (Å²) >= 11 is 0. The summed E-state index contributed by atoms with van der Waals surface area (Å²) in [5.41, 5.74) is 1.24. The van der Waals surface area contributed by atoms with Gasteiger partial charge in [0.1, 0.15) is 5.82 Å². The van der Waals surface area contributed by atoms with E-state index in [9.17, 15) is 0 Å². The van der Waals surface area contributed by atoms with Gasteiger partial charge in [0.25, 0.3) is 0 Å². The molecule has 0 saturated heterocycles. The van der Waals surface area contributed by atoms with Crippen LogP contribution in [0.15, 0.2) is 18.3 Å². The predicted octanol–water partition coefficient (Wildman–Crippen LogP) is 2.28. The Kier molecular flexibility index (Phi) is 5.26. The van der Waals surface area contributed by atoms with Crippen LogP contribution in [0.1, 0.15) is 26.3 Å². The molecule has 0 unspecified atom stereocenters. The molecular weight excluding hydrogens is 198 g/mol. The van der Waals surface area contributed by atoms with Crippen LogP contribution in [0.4, 0.5) is 5.82 Å². The van der Waals surface area contributed by atoms with E-state index in [1.54, 1.807) is 0 Å². The number of rotatable bonds is 6. The molecule has 0 saturated carbocycles. The van der Waals surface area contributed by atoms with Crippen molar-refractivity contribution < 1.29 is 0 Å². The molecule has 0 aliphatic heterocycles. The highest BCUT2D eigenvalue weighted by molar-refractivity contribution is 5.37. The van der Waals surface area contributed by atoms with E-state index in [-0.39, 0.29) is 0 Å². The third-order valence-electron chi connectivity index (χ3n) is 2.56. The van der Waals surface area contributed by atoms with Crippen LogP contribution in [0.3, 0.4) is 0 Å². The van der Waals surface area contributed by atoms with E-state index < -0.39 is 0 Å². The lowest BCUT2D eigenvalue weighted by Gasteiger charge is -2.15. The Labute approximate surface area is 98.9 Å². The van der Waals surface area contributed by atoms with Crippen LogP contribution in [0.25, 0.3) is 0 Å². The molecule has 0 aliphatic carbocycles. The third-order valence-corrected chi connectivity index (χ3v) is 2.56. The SMILES string of the molecule is CCN(C)c1ccc(CNCC(C)C)cn1. The molecule has 1 aromatic heterocycles. The second-order valence-electron chi connectivity index (χ2n) is 4.56. The van der Waals surface area contributed by atoms with Gasteiger partial charge >= 0.3 is 0 Å². The molecule has 1 heterocycles. The first-order chi connectivity index (χ1) is 7.63. The van der Waals surface area contributed by atoms with Crippen molar-refractivity contribution in [1.82, 2.24) is 10.3 Å². The molecule has 0 fully saturated rings. The maximum absolute atomic E-state index is 4.43. The fourth-order valence-electron chi connectivity index (χ4n) is 1.41. The molecule has 1 rings (SSSR count). The van der Waals surface area contributed by atoms with E-state index in [2.05, 4.69) is 55.2 Å². The minimum Gasteiger partial charge on any atom is -0.360 e. The van der Waals surface area contributed by atoms with Crippen LogP contribution >= 0.6 is 0 Å². The van der Waals surface area contributed by atoms with E-state index in [0.29, 0.717) is 5.92 Å². The van der Waals surface area contributed by atoms with Gasteiger partial charge in [-0.25, -0.2) is 4.98 Å². The van der Waals surface area contributed by atoms with Gasteiger partial charge in [0, 0.05) is 26.3 Å². The second kappa shape index (κ2) is 6.48. The van der Waals surface area contributed by atoms with Crippen LogP contribution in [-0.2, 0) is 6.54 Å². The molecule has 0 aromatic carbocycles. The van der Waals surface area contributed by atoms with Crippen LogP contribution in [0.2, 0.25) is 0 Å². The topological polar surface area (TPSA) is 28.2 Å². The Morgan fingerprint density at radius 1 is 1.38 bits per heavy atom. The monoisotopic (exact) mass is 221 g/mol. The van der Waals surface area contributed by atoms with Gasteiger partial charge in [-0.2, -0.15) is 0 Å². The summed E-state index contributed by atoms with van der Waals surface area (Å²) in [6.07, 6.45) is 1.95. The highest BCUT2D eigenvalue weighted by Gasteiger charge is 2.00. The molecule has 1 N–H and O–H groups in total. The Morgan fingerprint density at radius 3 is 2.62 bits per heavy atom. The van der Waals surface area contributed by atoms with E-state index in [1.165, 1.54) is 5.56 Å². The largest absolute Gasteiger partial charge is 0.360 e. The highest BCUT2D eigenvalue weighted by Crippen LogP contribution is 2.08. The number of aromatic nitrogens is 1. The summed E-state index contributed by atoms with van der Waals surface area (Å²) in [5, 5.41) is 3.41. The lowest BCUT2D eigenvalue weighted by Crippen LogP contribution is -2.20. The maximum atomic E-state index is 4.43. The Morgan fingerprint density at radius 2 is 2.12 bits per heavy atom. The number of nitrogens with zero attached hydrogens (tertiary/aromatic N) is 2. The van der Waals surface area contributed by atoms with Crippen LogP contribution in [0, 0.1) is 5.92 Å². The van der Waals surface area contributed by atoms with Crippen LogP contribution < -0.4 is 10.2 Å². The third kappa shape index (κ3) is 4.19. The summed E-state index contributed by atoms with van der Waals surface area (Å²) in [4.78, 5) is 6.56. The van der Waals surface area contributed by atoms with Gasteiger partial charge in [-0.15, -0.1) is 0 Å². The number of nitrogens with one attached hydrogen (secondary N) is 1. The number of anilines is 1. The fraction of sp³-hybridized carbons (Fsp3) is 0.615. The summed E-state index contributed by atoms with van der Waals surface area (Å²) < 4.78 is 0. The van der Waals surface area contributed by atoms with Crippen molar-refractivity contribution >= 4 is 5.82 Å². The quantitative estimate of drug-likeness (QED) is 0.799. The van der Waals surface area contributed by atoms with Gasteiger partial charge in [-0.3, -0.25) is 0 Å².